The van der Waals surface area contributed by atoms with Crippen LogP contribution in [0, 0.1) is 5.92 Å². The van der Waals surface area contributed by atoms with E-state index in [0.717, 1.165) is 31.1 Å². The second-order valence-electron chi connectivity index (χ2n) is 4.02. The van der Waals surface area contributed by atoms with Crippen molar-refractivity contribution in [3.63, 3.8) is 0 Å². The number of benzene rings is 1. The zero-order valence-corrected chi connectivity index (χ0v) is 10.2. The standard InChI is InChI=1S/C12H15ClOS/c13-11-3-1-9(2-4-11)7-10-8-14-6-5-12(10)15/h1-4,10,12,15H,5-8H2/t10-,12-/m1/s1. The molecule has 1 aromatic carbocycles. The molecule has 1 aliphatic heterocycles. The van der Waals surface area contributed by atoms with Gasteiger partial charge in [-0.25, -0.2) is 0 Å². The number of thiol groups is 1. The molecule has 0 saturated carbocycles. The van der Waals surface area contributed by atoms with Gasteiger partial charge in [0.25, 0.3) is 0 Å². The molecule has 82 valence electrons. The maximum absolute atomic E-state index is 5.84. The van der Waals surface area contributed by atoms with Gasteiger partial charge in [0.2, 0.25) is 0 Å². The Morgan fingerprint density at radius 2 is 2.07 bits per heavy atom. The van der Waals surface area contributed by atoms with Crippen LogP contribution in [-0.4, -0.2) is 18.5 Å². The van der Waals surface area contributed by atoms with Crippen molar-refractivity contribution in [2.45, 2.75) is 18.1 Å². The molecule has 0 N–H and O–H groups in total. The lowest BCUT2D eigenvalue weighted by Gasteiger charge is -2.28. The average molecular weight is 243 g/mol. The molecule has 2 atom stereocenters. The molecule has 0 amide bonds. The monoisotopic (exact) mass is 242 g/mol. The predicted octanol–water partition coefficient (Wildman–Crippen LogP) is 3.22. The molecule has 0 unspecified atom stereocenters. The second-order valence-corrected chi connectivity index (χ2v) is 5.12. The van der Waals surface area contributed by atoms with Crippen LogP contribution in [0.5, 0.6) is 0 Å². The normalized spacial score (nSPS) is 26.5. The molecule has 0 aliphatic carbocycles. The van der Waals surface area contributed by atoms with Gasteiger partial charge in [-0.2, -0.15) is 12.6 Å². The molecule has 1 nitrogen and oxygen atoms in total. The molecule has 1 saturated heterocycles. The van der Waals surface area contributed by atoms with Crippen molar-refractivity contribution in [3.05, 3.63) is 34.9 Å². The summed E-state index contributed by atoms with van der Waals surface area (Å²) >= 11 is 10.4. The highest BCUT2D eigenvalue weighted by Crippen LogP contribution is 2.24. The molecule has 1 fully saturated rings. The largest absolute Gasteiger partial charge is 0.381 e. The lowest BCUT2D eigenvalue weighted by Crippen LogP contribution is -2.29. The fourth-order valence-corrected chi connectivity index (χ4v) is 2.33. The quantitative estimate of drug-likeness (QED) is 0.784. The Morgan fingerprint density at radius 3 is 2.73 bits per heavy atom. The van der Waals surface area contributed by atoms with Gasteiger partial charge < -0.3 is 4.74 Å². The number of hydrogen-bond acceptors (Lipinski definition) is 2. The zero-order valence-electron chi connectivity index (χ0n) is 8.53. The van der Waals surface area contributed by atoms with Crippen molar-refractivity contribution in [3.8, 4) is 0 Å². The van der Waals surface area contributed by atoms with Crippen LogP contribution >= 0.6 is 24.2 Å². The smallest absolute Gasteiger partial charge is 0.0507 e. The van der Waals surface area contributed by atoms with Gasteiger partial charge in [-0.3, -0.25) is 0 Å². The van der Waals surface area contributed by atoms with Crippen LogP contribution in [0.2, 0.25) is 5.02 Å². The van der Waals surface area contributed by atoms with Crippen LogP contribution in [0.15, 0.2) is 24.3 Å². The first-order chi connectivity index (χ1) is 7.25. The van der Waals surface area contributed by atoms with Crippen LogP contribution in [0.3, 0.4) is 0 Å². The molecule has 15 heavy (non-hydrogen) atoms. The van der Waals surface area contributed by atoms with E-state index in [4.69, 9.17) is 16.3 Å². The van der Waals surface area contributed by atoms with E-state index < -0.39 is 0 Å². The van der Waals surface area contributed by atoms with E-state index in [1.165, 1.54) is 5.56 Å². The van der Waals surface area contributed by atoms with Crippen LogP contribution in [0.25, 0.3) is 0 Å². The molecule has 1 aliphatic rings. The third-order valence-corrected chi connectivity index (χ3v) is 3.78. The Morgan fingerprint density at radius 1 is 1.33 bits per heavy atom. The van der Waals surface area contributed by atoms with Gasteiger partial charge in [0.05, 0.1) is 6.61 Å². The van der Waals surface area contributed by atoms with Gasteiger partial charge in [0, 0.05) is 16.9 Å². The highest BCUT2D eigenvalue weighted by Gasteiger charge is 2.22. The van der Waals surface area contributed by atoms with Crippen LogP contribution < -0.4 is 0 Å². The fraction of sp³-hybridized carbons (Fsp3) is 0.500. The second kappa shape index (κ2) is 5.24. The fourth-order valence-electron chi connectivity index (χ4n) is 1.90. The van der Waals surface area contributed by atoms with Crippen molar-refractivity contribution in [1.29, 1.82) is 0 Å². The highest BCUT2D eigenvalue weighted by atomic mass is 35.5. The molecular weight excluding hydrogens is 228 g/mol. The third-order valence-electron chi connectivity index (χ3n) is 2.85. The average Bonchev–Trinajstić information content (AvgIpc) is 2.25. The Kier molecular flexibility index (Phi) is 3.95. The first kappa shape index (κ1) is 11.3. The lowest BCUT2D eigenvalue weighted by molar-refractivity contribution is 0.0596. The van der Waals surface area contributed by atoms with Crippen molar-refractivity contribution in [2.75, 3.05) is 13.2 Å². The summed E-state index contributed by atoms with van der Waals surface area (Å²) in [4.78, 5) is 0. The van der Waals surface area contributed by atoms with E-state index in [9.17, 15) is 0 Å². The summed E-state index contributed by atoms with van der Waals surface area (Å²) in [6.45, 7) is 1.68. The summed E-state index contributed by atoms with van der Waals surface area (Å²) < 4.78 is 5.47. The van der Waals surface area contributed by atoms with Gasteiger partial charge >= 0.3 is 0 Å². The minimum absolute atomic E-state index is 0.467. The SMILES string of the molecule is S[C@@H]1CCOC[C@H]1Cc1ccc(Cl)cc1. The van der Waals surface area contributed by atoms with E-state index >= 15 is 0 Å². The summed E-state index contributed by atoms with van der Waals surface area (Å²) in [7, 11) is 0. The maximum Gasteiger partial charge on any atom is 0.0507 e. The van der Waals surface area contributed by atoms with E-state index in [1.807, 2.05) is 12.1 Å². The minimum atomic E-state index is 0.467. The molecular formula is C12H15ClOS. The van der Waals surface area contributed by atoms with E-state index in [1.54, 1.807) is 0 Å². The summed E-state index contributed by atoms with van der Waals surface area (Å²) in [6, 6.07) is 8.04. The van der Waals surface area contributed by atoms with Crippen LogP contribution in [0.4, 0.5) is 0 Å². The maximum atomic E-state index is 5.84. The van der Waals surface area contributed by atoms with E-state index in [-0.39, 0.29) is 0 Å². The molecule has 1 heterocycles. The van der Waals surface area contributed by atoms with Crippen LogP contribution in [0.1, 0.15) is 12.0 Å². The van der Waals surface area contributed by atoms with Crippen molar-refractivity contribution < 1.29 is 4.74 Å². The zero-order chi connectivity index (χ0) is 10.7. The summed E-state index contributed by atoms with van der Waals surface area (Å²) in [5, 5.41) is 1.26. The number of hydrogen-bond donors (Lipinski definition) is 1. The Balaban J connectivity index is 1.98. The van der Waals surface area contributed by atoms with Gasteiger partial charge in [-0.05, 0) is 36.5 Å². The molecule has 0 aromatic heterocycles. The molecule has 2 rings (SSSR count). The van der Waals surface area contributed by atoms with Gasteiger partial charge in [0.15, 0.2) is 0 Å². The summed E-state index contributed by atoms with van der Waals surface area (Å²) in [5.41, 5.74) is 1.31. The molecule has 0 radical (unpaired) electrons. The summed E-state index contributed by atoms with van der Waals surface area (Å²) in [6.07, 6.45) is 2.09. The molecule has 0 spiro atoms. The van der Waals surface area contributed by atoms with Gasteiger partial charge in [-0.15, -0.1) is 0 Å². The van der Waals surface area contributed by atoms with Gasteiger partial charge in [-0.1, -0.05) is 23.7 Å². The first-order valence-corrected chi connectivity index (χ1v) is 6.15. The topological polar surface area (TPSA) is 9.23 Å². The Labute approximate surface area is 101 Å². The van der Waals surface area contributed by atoms with Crippen molar-refractivity contribution in [1.82, 2.24) is 0 Å². The number of ether oxygens (including phenoxy) is 1. The van der Waals surface area contributed by atoms with E-state index in [2.05, 4.69) is 24.8 Å². The van der Waals surface area contributed by atoms with Gasteiger partial charge in [0.1, 0.15) is 0 Å². The number of rotatable bonds is 2. The van der Waals surface area contributed by atoms with E-state index in [0.29, 0.717) is 11.2 Å². The first-order valence-electron chi connectivity index (χ1n) is 5.26. The lowest BCUT2D eigenvalue weighted by atomic mass is 9.94. The molecule has 0 bridgehead atoms. The Hall–Kier alpha value is -0.180. The molecule has 1 aromatic rings. The third kappa shape index (κ3) is 3.13. The Bertz CT molecular complexity index is 312. The van der Waals surface area contributed by atoms with Crippen molar-refractivity contribution >= 4 is 24.2 Å². The van der Waals surface area contributed by atoms with Crippen molar-refractivity contribution in [2.24, 2.45) is 5.92 Å². The summed E-state index contributed by atoms with van der Waals surface area (Å²) in [5.74, 6) is 0.531. The molecule has 3 heteroatoms. The minimum Gasteiger partial charge on any atom is -0.381 e. The highest BCUT2D eigenvalue weighted by molar-refractivity contribution is 7.81. The van der Waals surface area contributed by atoms with Crippen LogP contribution in [-0.2, 0) is 11.2 Å². The number of halogens is 1. The predicted molar refractivity (Wildman–Crippen MR) is 66.9 cm³/mol.